The molecule has 1 aromatic heterocycles. The number of halogens is 1. The van der Waals surface area contributed by atoms with Crippen LogP contribution >= 0.6 is 11.6 Å². The van der Waals surface area contributed by atoms with Crippen LogP contribution in [-0.2, 0) is 10.0 Å². The molecule has 2 aromatic carbocycles. The monoisotopic (exact) mass is 431 g/mol. The van der Waals surface area contributed by atoms with Gasteiger partial charge in [0, 0.05) is 30.4 Å². The molecular formula is C21H22ClN3O3S. The number of aryl methyl sites for hydroxylation is 1. The Labute approximate surface area is 175 Å². The van der Waals surface area contributed by atoms with Crippen molar-refractivity contribution in [3.05, 3.63) is 64.8 Å². The largest absolute Gasteiger partial charge is 0.322 e. The zero-order valence-corrected chi connectivity index (χ0v) is 18.0. The molecule has 3 aromatic rings. The number of sulfonamides is 1. The van der Waals surface area contributed by atoms with Crippen molar-refractivity contribution < 1.29 is 13.2 Å². The van der Waals surface area contributed by atoms with E-state index in [9.17, 15) is 13.2 Å². The average molecular weight is 432 g/mol. The number of rotatable bonds is 6. The second kappa shape index (κ2) is 8.49. The summed E-state index contributed by atoms with van der Waals surface area (Å²) in [4.78, 5) is 17.2. The van der Waals surface area contributed by atoms with E-state index in [1.807, 2.05) is 6.07 Å². The number of nitrogens with one attached hydrogen (secondary N) is 1. The lowest BCUT2D eigenvalue weighted by atomic mass is 10.1. The minimum Gasteiger partial charge on any atom is -0.322 e. The molecule has 6 nitrogen and oxygen atoms in total. The van der Waals surface area contributed by atoms with Crippen LogP contribution in [0.2, 0.25) is 5.02 Å². The van der Waals surface area contributed by atoms with Crippen molar-refractivity contribution in [2.75, 3.05) is 18.4 Å². The normalized spacial score (nSPS) is 11.8. The number of fused-ring (bicyclic) bond motifs is 1. The molecule has 0 fully saturated rings. The highest BCUT2D eigenvalue weighted by Gasteiger charge is 2.24. The first-order valence-corrected chi connectivity index (χ1v) is 11.1. The van der Waals surface area contributed by atoms with Gasteiger partial charge in [0.05, 0.1) is 21.0 Å². The summed E-state index contributed by atoms with van der Waals surface area (Å²) in [6, 6.07) is 11.8. The number of hydrogen-bond acceptors (Lipinski definition) is 4. The van der Waals surface area contributed by atoms with E-state index >= 15 is 0 Å². The standard InChI is InChI=1S/C21H22ClN3O3S/c1-4-25(5-2)29(27,28)20-12-16(9-8-14(20)3)24-21(26)17-13-19-15(11-18(17)22)7-6-10-23-19/h6-13H,4-5H2,1-3H3,(H,24,26). The van der Waals surface area contributed by atoms with Gasteiger partial charge in [-0.1, -0.05) is 37.6 Å². The van der Waals surface area contributed by atoms with Crippen molar-refractivity contribution in [2.24, 2.45) is 0 Å². The average Bonchev–Trinajstić information content (AvgIpc) is 2.69. The summed E-state index contributed by atoms with van der Waals surface area (Å²) in [5.41, 5.74) is 1.91. The fraction of sp³-hybridized carbons (Fsp3) is 0.238. The molecule has 8 heteroatoms. The summed E-state index contributed by atoms with van der Waals surface area (Å²) in [5.74, 6) is -0.433. The van der Waals surface area contributed by atoms with E-state index in [2.05, 4.69) is 10.3 Å². The van der Waals surface area contributed by atoms with Gasteiger partial charge in [0.2, 0.25) is 10.0 Å². The van der Waals surface area contributed by atoms with Gasteiger partial charge in [0.25, 0.3) is 5.91 Å². The number of aromatic nitrogens is 1. The topological polar surface area (TPSA) is 79.4 Å². The molecule has 3 rings (SSSR count). The molecule has 0 spiro atoms. The zero-order valence-electron chi connectivity index (χ0n) is 16.4. The molecule has 0 atom stereocenters. The van der Waals surface area contributed by atoms with Crippen LogP contribution in [0.1, 0.15) is 29.8 Å². The first-order chi connectivity index (χ1) is 13.8. The van der Waals surface area contributed by atoms with Gasteiger partial charge < -0.3 is 5.32 Å². The Morgan fingerprint density at radius 1 is 1.14 bits per heavy atom. The molecule has 0 unspecified atom stereocenters. The van der Waals surface area contributed by atoms with Gasteiger partial charge in [0.1, 0.15) is 0 Å². The summed E-state index contributed by atoms with van der Waals surface area (Å²) < 4.78 is 27.2. The van der Waals surface area contributed by atoms with Gasteiger partial charge in [-0.25, -0.2) is 8.42 Å². The Kier molecular flexibility index (Phi) is 6.21. The van der Waals surface area contributed by atoms with Crippen molar-refractivity contribution >= 4 is 44.1 Å². The number of nitrogens with zero attached hydrogens (tertiary/aromatic N) is 2. The van der Waals surface area contributed by atoms with Crippen LogP contribution in [0.15, 0.2) is 53.6 Å². The van der Waals surface area contributed by atoms with Gasteiger partial charge in [-0.3, -0.25) is 9.78 Å². The van der Waals surface area contributed by atoms with Crippen LogP contribution in [0.3, 0.4) is 0 Å². The number of pyridine rings is 1. The highest BCUT2D eigenvalue weighted by atomic mass is 35.5. The molecule has 1 amide bonds. The Bertz CT molecular complexity index is 1180. The maximum atomic E-state index is 12.9. The second-order valence-corrected chi connectivity index (χ2v) is 8.87. The molecule has 0 saturated carbocycles. The summed E-state index contributed by atoms with van der Waals surface area (Å²) >= 11 is 6.28. The third kappa shape index (κ3) is 4.27. The number of anilines is 1. The molecule has 0 bridgehead atoms. The van der Waals surface area contributed by atoms with Crippen LogP contribution in [-0.4, -0.2) is 36.7 Å². The van der Waals surface area contributed by atoms with Gasteiger partial charge in [-0.05, 0) is 42.8 Å². The van der Waals surface area contributed by atoms with Gasteiger partial charge >= 0.3 is 0 Å². The summed E-state index contributed by atoms with van der Waals surface area (Å²) in [6.07, 6.45) is 1.64. The molecule has 0 aliphatic heterocycles. The number of carbonyl (C=O) groups is 1. The smallest absolute Gasteiger partial charge is 0.257 e. The number of hydrogen-bond donors (Lipinski definition) is 1. The van der Waals surface area contributed by atoms with Crippen LogP contribution in [0, 0.1) is 6.92 Å². The summed E-state index contributed by atoms with van der Waals surface area (Å²) in [7, 11) is -3.65. The lowest BCUT2D eigenvalue weighted by Crippen LogP contribution is -2.31. The lowest BCUT2D eigenvalue weighted by Gasteiger charge is -2.20. The van der Waals surface area contributed by atoms with E-state index in [1.165, 1.54) is 10.4 Å². The number of carbonyl (C=O) groups excluding carboxylic acids is 1. The van der Waals surface area contributed by atoms with Crippen molar-refractivity contribution in [3.8, 4) is 0 Å². The Morgan fingerprint density at radius 3 is 2.55 bits per heavy atom. The first kappa shape index (κ1) is 21.2. The first-order valence-electron chi connectivity index (χ1n) is 9.24. The number of benzene rings is 2. The van der Waals surface area contributed by atoms with E-state index in [1.54, 1.807) is 57.3 Å². The predicted molar refractivity (Wildman–Crippen MR) is 116 cm³/mol. The highest BCUT2D eigenvalue weighted by molar-refractivity contribution is 7.89. The second-order valence-electron chi connectivity index (χ2n) is 6.55. The molecule has 1 heterocycles. The van der Waals surface area contributed by atoms with E-state index in [-0.39, 0.29) is 10.5 Å². The third-order valence-corrected chi connectivity index (χ3v) is 7.21. The SMILES string of the molecule is CCN(CC)S(=O)(=O)c1cc(NC(=O)c2cc3ncccc3cc2Cl)ccc1C. The fourth-order valence-corrected chi connectivity index (χ4v) is 5.09. The van der Waals surface area contributed by atoms with Gasteiger partial charge in [-0.2, -0.15) is 4.31 Å². The highest BCUT2D eigenvalue weighted by Crippen LogP contribution is 2.26. The molecule has 0 aliphatic carbocycles. The zero-order chi connectivity index (χ0) is 21.2. The van der Waals surface area contributed by atoms with E-state index in [4.69, 9.17) is 11.6 Å². The van der Waals surface area contributed by atoms with E-state index in [0.717, 1.165) is 5.39 Å². The molecular weight excluding hydrogens is 410 g/mol. The minimum absolute atomic E-state index is 0.172. The van der Waals surface area contributed by atoms with Crippen molar-refractivity contribution in [1.82, 2.24) is 9.29 Å². The van der Waals surface area contributed by atoms with E-state index < -0.39 is 15.9 Å². The van der Waals surface area contributed by atoms with Crippen molar-refractivity contribution in [2.45, 2.75) is 25.7 Å². The maximum Gasteiger partial charge on any atom is 0.257 e. The molecule has 152 valence electrons. The van der Waals surface area contributed by atoms with Crippen LogP contribution in [0.25, 0.3) is 10.9 Å². The molecule has 0 saturated heterocycles. The molecule has 0 aliphatic rings. The van der Waals surface area contributed by atoms with Crippen LogP contribution in [0.4, 0.5) is 5.69 Å². The summed E-state index contributed by atoms with van der Waals surface area (Å²) in [6.45, 7) is 6.05. The van der Waals surface area contributed by atoms with Crippen LogP contribution < -0.4 is 5.32 Å². The molecule has 29 heavy (non-hydrogen) atoms. The third-order valence-electron chi connectivity index (χ3n) is 4.71. The Balaban J connectivity index is 1.95. The maximum absolute atomic E-state index is 12.9. The fourth-order valence-electron chi connectivity index (χ4n) is 3.12. The van der Waals surface area contributed by atoms with Crippen LogP contribution in [0.5, 0.6) is 0 Å². The Hall–Kier alpha value is -2.48. The molecule has 0 radical (unpaired) electrons. The van der Waals surface area contributed by atoms with E-state index in [0.29, 0.717) is 34.9 Å². The van der Waals surface area contributed by atoms with Crippen molar-refractivity contribution in [1.29, 1.82) is 0 Å². The minimum atomic E-state index is -3.65. The lowest BCUT2D eigenvalue weighted by molar-refractivity contribution is 0.102. The van der Waals surface area contributed by atoms with Gasteiger partial charge in [-0.15, -0.1) is 0 Å². The number of amides is 1. The van der Waals surface area contributed by atoms with Crippen molar-refractivity contribution in [3.63, 3.8) is 0 Å². The summed E-state index contributed by atoms with van der Waals surface area (Å²) in [5, 5.41) is 3.87. The predicted octanol–water partition coefficient (Wildman–Crippen LogP) is 4.48. The van der Waals surface area contributed by atoms with Gasteiger partial charge in [0.15, 0.2) is 0 Å². The molecule has 1 N–H and O–H groups in total. The Morgan fingerprint density at radius 2 is 1.86 bits per heavy atom. The quantitative estimate of drug-likeness (QED) is 0.624.